The minimum atomic E-state index is -0.978. The Morgan fingerprint density at radius 3 is 2.63 bits per heavy atom. The first-order valence-electron chi connectivity index (χ1n) is 12.4. The predicted molar refractivity (Wildman–Crippen MR) is 161 cm³/mol. The third-order valence-corrected chi connectivity index (χ3v) is 7.18. The second-order valence-corrected chi connectivity index (χ2v) is 10.4. The van der Waals surface area contributed by atoms with Gasteiger partial charge in [0.25, 0.3) is 5.56 Å². The lowest BCUT2D eigenvalue weighted by Crippen LogP contribution is -2.20. The molecule has 0 amide bonds. The minimum Gasteiger partial charge on any atom is -0.488 e. The molecule has 0 unspecified atom stereocenters. The Bertz CT molecular complexity index is 2030. The van der Waals surface area contributed by atoms with E-state index in [2.05, 4.69) is 21.0 Å². The van der Waals surface area contributed by atoms with Crippen LogP contribution in [0.2, 0.25) is 5.02 Å². The number of carbonyl (C=O) groups is 1. The molecule has 202 valence electrons. The summed E-state index contributed by atoms with van der Waals surface area (Å²) in [5.74, 6) is 0.248. The summed E-state index contributed by atoms with van der Waals surface area (Å²) in [5.41, 5.74) is 2.55. The van der Waals surface area contributed by atoms with Gasteiger partial charge in [-0.25, -0.2) is 9.78 Å². The van der Waals surface area contributed by atoms with Gasteiger partial charge in [0, 0.05) is 10.4 Å². The average Bonchev–Trinajstić information content (AvgIpc) is 3.39. The number of halogens is 2. The standard InChI is InChI=1S/C31H19BrClN3O5/c32-24-13-19(7-11-27(24)40-17-18-5-8-20(9-6-18)31(38)39)16-34-36-29(35-25-4-2-1-3-23(25)30(36)37)28-15-21-14-22(33)10-12-26(21)41-28/h1-16H,17H2,(H,38,39). The summed E-state index contributed by atoms with van der Waals surface area (Å²) in [6, 6.07) is 26.0. The molecule has 1 N–H and O–H groups in total. The van der Waals surface area contributed by atoms with Crippen LogP contribution in [0.15, 0.2) is 110 Å². The van der Waals surface area contributed by atoms with Crippen LogP contribution >= 0.6 is 27.5 Å². The lowest BCUT2D eigenvalue weighted by Gasteiger charge is -2.10. The SMILES string of the molecule is O=C(O)c1ccc(COc2ccc(C=Nn3c(-c4cc5cc(Cl)ccc5o4)nc4ccccc4c3=O)cc2Br)cc1. The van der Waals surface area contributed by atoms with Crippen molar-refractivity contribution in [1.29, 1.82) is 0 Å². The van der Waals surface area contributed by atoms with Crippen molar-refractivity contribution in [2.45, 2.75) is 6.61 Å². The highest BCUT2D eigenvalue weighted by Gasteiger charge is 2.17. The Hall–Kier alpha value is -4.73. The first-order chi connectivity index (χ1) is 19.9. The van der Waals surface area contributed by atoms with Gasteiger partial charge in [-0.05, 0) is 93.8 Å². The maximum absolute atomic E-state index is 13.5. The Morgan fingerprint density at radius 2 is 1.85 bits per heavy atom. The highest BCUT2D eigenvalue weighted by atomic mass is 79.9. The number of para-hydroxylation sites is 1. The van der Waals surface area contributed by atoms with Crippen LogP contribution in [0.5, 0.6) is 5.75 Å². The van der Waals surface area contributed by atoms with Crippen molar-refractivity contribution in [3.8, 4) is 17.3 Å². The van der Waals surface area contributed by atoms with E-state index in [4.69, 9.17) is 30.8 Å². The Balaban J connectivity index is 1.31. The number of carboxylic acid groups (broad SMARTS) is 1. The maximum atomic E-state index is 13.5. The zero-order valence-electron chi connectivity index (χ0n) is 21.1. The topological polar surface area (TPSA) is 107 Å². The number of rotatable bonds is 7. The fourth-order valence-electron chi connectivity index (χ4n) is 4.26. The molecule has 0 radical (unpaired) electrons. The molecular formula is C31H19BrClN3O5. The second kappa shape index (κ2) is 11.0. The summed E-state index contributed by atoms with van der Waals surface area (Å²) in [6.45, 7) is 0.260. The average molecular weight is 629 g/mol. The van der Waals surface area contributed by atoms with Gasteiger partial charge in [-0.3, -0.25) is 4.79 Å². The molecule has 0 aliphatic rings. The van der Waals surface area contributed by atoms with E-state index in [0.29, 0.717) is 43.1 Å². The van der Waals surface area contributed by atoms with Gasteiger partial charge < -0.3 is 14.3 Å². The molecule has 2 aromatic heterocycles. The first kappa shape index (κ1) is 26.5. The summed E-state index contributed by atoms with van der Waals surface area (Å²) < 4.78 is 13.8. The van der Waals surface area contributed by atoms with Gasteiger partial charge in [0.1, 0.15) is 17.9 Å². The number of nitrogens with zero attached hydrogens (tertiary/aromatic N) is 3. The quantitative estimate of drug-likeness (QED) is 0.185. The Labute approximate surface area is 246 Å². The van der Waals surface area contributed by atoms with Gasteiger partial charge in [-0.15, -0.1) is 0 Å². The van der Waals surface area contributed by atoms with E-state index >= 15 is 0 Å². The number of aromatic carboxylic acids is 1. The molecule has 8 nitrogen and oxygen atoms in total. The highest BCUT2D eigenvalue weighted by Crippen LogP contribution is 2.30. The van der Waals surface area contributed by atoms with E-state index in [9.17, 15) is 9.59 Å². The number of aromatic nitrogens is 2. The molecule has 0 atom stereocenters. The number of hydrogen-bond acceptors (Lipinski definition) is 6. The number of furan rings is 1. The van der Waals surface area contributed by atoms with Gasteiger partial charge >= 0.3 is 5.97 Å². The number of fused-ring (bicyclic) bond motifs is 2. The van der Waals surface area contributed by atoms with Crippen LogP contribution in [-0.2, 0) is 6.61 Å². The molecule has 0 aliphatic carbocycles. The van der Waals surface area contributed by atoms with Crippen LogP contribution in [0.1, 0.15) is 21.5 Å². The molecule has 41 heavy (non-hydrogen) atoms. The van der Waals surface area contributed by atoms with Crippen molar-refractivity contribution in [2.75, 3.05) is 0 Å². The molecule has 4 aromatic carbocycles. The molecule has 6 aromatic rings. The number of hydrogen-bond donors (Lipinski definition) is 1. The van der Waals surface area contributed by atoms with E-state index in [1.807, 2.05) is 12.1 Å². The van der Waals surface area contributed by atoms with E-state index in [0.717, 1.165) is 10.9 Å². The largest absolute Gasteiger partial charge is 0.488 e. The van der Waals surface area contributed by atoms with Crippen LogP contribution < -0.4 is 10.3 Å². The molecule has 0 fully saturated rings. The van der Waals surface area contributed by atoms with Gasteiger partial charge in [0.2, 0.25) is 5.82 Å². The molecule has 0 spiro atoms. The van der Waals surface area contributed by atoms with Crippen molar-refractivity contribution in [1.82, 2.24) is 9.66 Å². The molecule has 6 rings (SSSR count). The fourth-order valence-corrected chi connectivity index (χ4v) is 4.95. The molecule has 10 heteroatoms. The first-order valence-corrected chi connectivity index (χ1v) is 13.5. The molecule has 0 saturated heterocycles. The lowest BCUT2D eigenvalue weighted by molar-refractivity contribution is 0.0697. The van der Waals surface area contributed by atoms with Crippen LogP contribution in [-0.4, -0.2) is 27.0 Å². The Morgan fingerprint density at radius 1 is 1.05 bits per heavy atom. The van der Waals surface area contributed by atoms with Gasteiger partial charge in [0.05, 0.1) is 27.2 Å². The van der Waals surface area contributed by atoms with Crippen molar-refractivity contribution in [3.05, 3.63) is 128 Å². The third-order valence-electron chi connectivity index (χ3n) is 6.33. The summed E-state index contributed by atoms with van der Waals surface area (Å²) in [5, 5.41) is 15.3. The summed E-state index contributed by atoms with van der Waals surface area (Å²) in [7, 11) is 0. The monoisotopic (exact) mass is 627 g/mol. The Kier molecular flexibility index (Phi) is 7.13. The van der Waals surface area contributed by atoms with Crippen LogP contribution in [0.4, 0.5) is 0 Å². The number of carboxylic acids is 1. The van der Waals surface area contributed by atoms with E-state index in [-0.39, 0.29) is 23.6 Å². The van der Waals surface area contributed by atoms with Crippen molar-refractivity contribution < 1.29 is 19.1 Å². The van der Waals surface area contributed by atoms with Gasteiger partial charge in [-0.2, -0.15) is 9.78 Å². The summed E-state index contributed by atoms with van der Waals surface area (Å²) in [4.78, 5) is 29.2. The van der Waals surface area contributed by atoms with Crippen LogP contribution in [0.25, 0.3) is 33.5 Å². The van der Waals surface area contributed by atoms with E-state index < -0.39 is 5.97 Å². The molecule has 0 aliphatic heterocycles. The smallest absolute Gasteiger partial charge is 0.335 e. The van der Waals surface area contributed by atoms with Crippen molar-refractivity contribution >= 4 is 61.6 Å². The molecule has 0 saturated carbocycles. The predicted octanol–water partition coefficient (Wildman–Crippen LogP) is 7.39. The summed E-state index contributed by atoms with van der Waals surface area (Å²) >= 11 is 9.68. The van der Waals surface area contributed by atoms with Crippen molar-refractivity contribution in [2.24, 2.45) is 5.10 Å². The molecule has 2 heterocycles. The molecular weight excluding hydrogens is 610 g/mol. The zero-order chi connectivity index (χ0) is 28.5. The second-order valence-electron chi connectivity index (χ2n) is 9.09. The van der Waals surface area contributed by atoms with Crippen LogP contribution in [0, 0.1) is 0 Å². The zero-order valence-corrected chi connectivity index (χ0v) is 23.5. The van der Waals surface area contributed by atoms with Gasteiger partial charge in [0.15, 0.2) is 5.76 Å². The molecule has 0 bridgehead atoms. The van der Waals surface area contributed by atoms with Gasteiger partial charge in [-0.1, -0.05) is 35.9 Å². The fraction of sp³-hybridized carbons (Fsp3) is 0.0323. The minimum absolute atomic E-state index is 0.215. The summed E-state index contributed by atoms with van der Waals surface area (Å²) in [6.07, 6.45) is 1.56. The van der Waals surface area contributed by atoms with Crippen LogP contribution in [0.3, 0.4) is 0 Å². The third kappa shape index (κ3) is 5.50. The van der Waals surface area contributed by atoms with E-state index in [1.54, 1.807) is 72.9 Å². The number of ether oxygens (including phenoxy) is 1. The maximum Gasteiger partial charge on any atom is 0.335 e. The normalized spacial score (nSPS) is 11.5. The van der Waals surface area contributed by atoms with Crippen molar-refractivity contribution in [3.63, 3.8) is 0 Å². The highest BCUT2D eigenvalue weighted by molar-refractivity contribution is 9.10. The number of benzene rings is 4. The van der Waals surface area contributed by atoms with E-state index in [1.165, 1.54) is 16.8 Å². The lowest BCUT2D eigenvalue weighted by atomic mass is 10.1.